The fraction of sp³-hybridized carbons (Fsp3) is 0.622. The van der Waals surface area contributed by atoms with Gasteiger partial charge in [-0.2, -0.15) is 0 Å². The van der Waals surface area contributed by atoms with Crippen molar-refractivity contribution in [2.75, 3.05) is 5.73 Å². The van der Waals surface area contributed by atoms with E-state index in [0.717, 1.165) is 34.9 Å². The van der Waals surface area contributed by atoms with E-state index in [9.17, 15) is 4.79 Å². The minimum absolute atomic E-state index is 0. The monoisotopic (exact) mass is 728 g/mol. The molecule has 1 spiro atoms. The van der Waals surface area contributed by atoms with E-state index in [-0.39, 0.29) is 14.1 Å². The number of fused-ring (bicyclic) bond motifs is 4. The van der Waals surface area contributed by atoms with Gasteiger partial charge < -0.3 is 10.5 Å². The minimum Gasteiger partial charge on any atom is -0.375 e. The number of hydrogen-bond acceptors (Lipinski definition) is 6. The zero-order valence-electron chi connectivity index (χ0n) is 32.1. The van der Waals surface area contributed by atoms with Crippen molar-refractivity contribution < 1.29 is 12.4 Å². The molecule has 6 aliphatic carbocycles. The molecule has 1 aromatic carbocycles. The predicted molar refractivity (Wildman–Crippen MR) is 219 cm³/mol. The van der Waals surface area contributed by atoms with E-state index in [4.69, 9.17) is 10.5 Å². The van der Waals surface area contributed by atoms with Gasteiger partial charge in [-0.25, -0.2) is 4.98 Å². The molecule has 6 aliphatic rings. The van der Waals surface area contributed by atoms with Crippen LogP contribution in [-0.4, -0.2) is 17.6 Å². The summed E-state index contributed by atoms with van der Waals surface area (Å²) in [5.41, 5.74) is 13.2. The summed E-state index contributed by atoms with van der Waals surface area (Å²) in [6.07, 6.45) is 18.6. The normalized spacial score (nSPS) is 39.3. The highest BCUT2D eigenvalue weighted by atomic mass is 32.1. The lowest BCUT2D eigenvalue weighted by atomic mass is 9.40. The van der Waals surface area contributed by atoms with Gasteiger partial charge in [-0.1, -0.05) is 84.4 Å². The number of nitrogens with two attached hydrogens (primary N) is 1. The second-order valence-electron chi connectivity index (χ2n) is 18.1. The van der Waals surface area contributed by atoms with Gasteiger partial charge in [0, 0.05) is 13.8 Å². The van der Waals surface area contributed by atoms with E-state index in [1.807, 2.05) is 29.7 Å². The van der Waals surface area contributed by atoms with Gasteiger partial charge in [0.15, 0.2) is 10.9 Å². The third kappa shape index (κ3) is 4.89. The summed E-state index contributed by atoms with van der Waals surface area (Å²) in [5.74, 6) is 3.69. The summed E-state index contributed by atoms with van der Waals surface area (Å²) in [5, 5.41) is 4.64. The molecule has 2 N–H and O–H groups in total. The Morgan fingerprint density at radius 1 is 0.922 bits per heavy atom. The summed E-state index contributed by atoms with van der Waals surface area (Å²) in [6.45, 7) is 19.5. The van der Waals surface area contributed by atoms with Crippen molar-refractivity contribution in [1.82, 2.24) is 4.98 Å². The highest BCUT2D eigenvalue weighted by Gasteiger charge is 2.89. The average Bonchev–Trinajstić information content (AvgIpc) is 3.71. The molecule has 0 aliphatic heterocycles. The molecule has 9 atom stereocenters. The maximum atomic E-state index is 11.9. The third-order valence-corrected chi connectivity index (χ3v) is 18.4. The van der Waals surface area contributed by atoms with Crippen LogP contribution in [0, 0.1) is 56.2 Å². The Balaban J connectivity index is 0.000000308. The lowest BCUT2D eigenvalue weighted by Gasteiger charge is -2.65. The fourth-order valence-corrected chi connectivity index (χ4v) is 16.3. The van der Waals surface area contributed by atoms with Crippen LogP contribution in [0.25, 0.3) is 16.1 Å². The van der Waals surface area contributed by atoms with Crippen LogP contribution in [0.1, 0.15) is 138 Å². The van der Waals surface area contributed by atoms with Crippen molar-refractivity contribution in [2.45, 2.75) is 119 Å². The number of anilines is 1. The van der Waals surface area contributed by atoms with Crippen molar-refractivity contribution in [2.24, 2.45) is 56.2 Å². The lowest BCUT2D eigenvalue weighted by Crippen LogP contribution is -2.57. The Bertz CT molecular complexity index is 1800. The quantitative estimate of drug-likeness (QED) is 0.265. The second-order valence-corrected chi connectivity index (χ2v) is 19.9. The van der Waals surface area contributed by atoms with Gasteiger partial charge in [-0.15, -0.1) is 22.7 Å². The van der Waals surface area contributed by atoms with Crippen LogP contribution in [0.4, 0.5) is 5.13 Å². The summed E-state index contributed by atoms with van der Waals surface area (Å²) in [4.78, 5) is 25.3. The number of nitrogens with zero attached hydrogens (tertiary/aromatic N) is 1. The van der Waals surface area contributed by atoms with Gasteiger partial charge in [0.05, 0.1) is 10.6 Å². The SMILES string of the molecule is C=O.CC[C@]12CC=C(c3ccc(C(C)=O)cc3)C(C)(C)[C@@H]1CC1[C@@]34CCC5(C)CCC[C@@H]5[C@@]3(CC)CC[C@H]2[C@@]14C.Nc1nc(-c2cccs2)cs1.[HH].[HH]. The van der Waals surface area contributed by atoms with E-state index in [0.29, 0.717) is 32.2 Å². The topological polar surface area (TPSA) is 73.0 Å². The Labute approximate surface area is 318 Å². The summed E-state index contributed by atoms with van der Waals surface area (Å²) in [6, 6.07) is 12.6. The number of Topliss-reactive ketones (excluding diaryl/α,β-unsaturated/α-hetero) is 1. The van der Waals surface area contributed by atoms with Crippen molar-refractivity contribution in [1.29, 1.82) is 0 Å². The average molecular weight is 729 g/mol. The fourth-order valence-electron chi connectivity index (χ4n) is 15.0. The molecule has 0 bridgehead atoms. The van der Waals surface area contributed by atoms with Crippen molar-refractivity contribution in [3.63, 3.8) is 0 Å². The van der Waals surface area contributed by atoms with Crippen LogP contribution in [0.5, 0.6) is 0 Å². The largest absolute Gasteiger partial charge is 0.375 e. The molecule has 9 rings (SSSR count). The predicted octanol–water partition coefficient (Wildman–Crippen LogP) is 12.9. The second kappa shape index (κ2) is 12.8. The molecule has 2 aromatic heterocycles. The number of benzene rings is 1. The molecule has 3 aromatic rings. The number of aromatic nitrogens is 1. The molecular weight excluding hydrogens is 665 g/mol. The summed E-state index contributed by atoms with van der Waals surface area (Å²) in [7, 11) is 0. The van der Waals surface area contributed by atoms with Gasteiger partial charge in [0.25, 0.3) is 0 Å². The molecule has 51 heavy (non-hydrogen) atoms. The number of rotatable bonds is 5. The van der Waals surface area contributed by atoms with Crippen molar-refractivity contribution >= 4 is 46.0 Å². The van der Waals surface area contributed by atoms with Gasteiger partial charge in [0.1, 0.15) is 6.79 Å². The molecule has 2 heterocycles. The molecule has 5 saturated carbocycles. The Morgan fingerprint density at radius 3 is 2.27 bits per heavy atom. The molecule has 6 heteroatoms. The van der Waals surface area contributed by atoms with Gasteiger partial charge >= 0.3 is 0 Å². The smallest absolute Gasteiger partial charge is 0.180 e. The van der Waals surface area contributed by atoms with E-state index in [1.54, 1.807) is 23.8 Å². The minimum atomic E-state index is 0. The number of nitrogen functional groups attached to an aromatic ring is 1. The molecule has 5 fully saturated rings. The van der Waals surface area contributed by atoms with Crippen LogP contribution in [0.3, 0.4) is 0 Å². The number of thiazole rings is 1. The first-order valence-electron chi connectivity index (χ1n) is 19.7. The van der Waals surface area contributed by atoms with Gasteiger partial charge in [-0.3, -0.25) is 4.79 Å². The molecule has 0 radical (unpaired) electrons. The Hall–Kier alpha value is -2.57. The Morgan fingerprint density at radius 2 is 1.67 bits per heavy atom. The maximum Gasteiger partial charge on any atom is 0.180 e. The summed E-state index contributed by atoms with van der Waals surface area (Å²) >= 11 is 3.15. The standard InChI is InChI=1S/C37H52O.C7H6N2S2.CH2O.2H2/c1-8-35-19-16-27(26-14-12-25(13-15-26)24(3)38)32(4,5)30(35)23-31-34(7)29(35)17-20-36(9-2)28-11-10-18-33(28,6)21-22-37(31,34)36;8-7-9-5(4-11-7)6-2-1-3-10-6;1-2;;/h12-16,28-31H,8-11,17-23H2,1-7H3;1-4H,(H2,8,9);1H2;2*1H/t28-,29-,30-,31?,33?,34-,35+,36+,37+;;;;/m0..../s1. The first-order chi connectivity index (χ1) is 24.3. The number of hydrogen-bond donors (Lipinski definition) is 1. The molecule has 4 nitrogen and oxygen atoms in total. The van der Waals surface area contributed by atoms with E-state index in [1.165, 1.54) is 92.4 Å². The lowest BCUT2D eigenvalue weighted by molar-refractivity contribution is -0.150. The molecule has 278 valence electrons. The van der Waals surface area contributed by atoms with E-state index in [2.05, 4.69) is 76.9 Å². The maximum absolute atomic E-state index is 11.9. The number of carbonyl (C=O) groups is 2. The third-order valence-electron chi connectivity index (χ3n) is 16.8. The number of allylic oxidation sites excluding steroid dienone is 2. The zero-order chi connectivity index (χ0) is 36.6. The molecule has 2 unspecified atom stereocenters. The number of ketones is 1. The van der Waals surface area contributed by atoms with Crippen molar-refractivity contribution in [3.8, 4) is 10.6 Å². The first-order valence-corrected chi connectivity index (χ1v) is 21.5. The Kier molecular flexibility index (Phi) is 9.22. The van der Waals surface area contributed by atoms with E-state index < -0.39 is 0 Å². The number of carbonyl (C=O) groups excluding carboxylic acids is 2. The van der Waals surface area contributed by atoms with E-state index >= 15 is 0 Å². The van der Waals surface area contributed by atoms with Crippen LogP contribution >= 0.6 is 22.7 Å². The molecular formula is C45H64N2O2S2. The van der Waals surface area contributed by atoms with Crippen LogP contribution in [-0.2, 0) is 4.79 Å². The first kappa shape index (κ1) is 36.8. The zero-order valence-corrected chi connectivity index (χ0v) is 33.8. The number of thiophene rings is 1. The molecule has 0 amide bonds. The summed E-state index contributed by atoms with van der Waals surface area (Å²) < 4.78 is 0. The van der Waals surface area contributed by atoms with Crippen LogP contribution in [0.2, 0.25) is 0 Å². The van der Waals surface area contributed by atoms with Crippen molar-refractivity contribution in [3.05, 3.63) is 64.4 Å². The van der Waals surface area contributed by atoms with Gasteiger partial charge in [0.2, 0.25) is 0 Å². The molecule has 0 saturated heterocycles. The highest BCUT2D eigenvalue weighted by molar-refractivity contribution is 7.15. The van der Waals surface area contributed by atoms with Crippen LogP contribution in [0.15, 0.2) is 53.2 Å². The van der Waals surface area contributed by atoms with Gasteiger partial charge in [-0.05, 0) is 150 Å². The van der Waals surface area contributed by atoms with Crippen LogP contribution < -0.4 is 5.73 Å². The highest BCUT2D eigenvalue weighted by Crippen LogP contribution is 2.95.